The predicted octanol–water partition coefficient (Wildman–Crippen LogP) is -1.56. The molecular weight excluding hydrogens is 332 g/mol. The van der Waals surface area contributed by atoms with Crippen molar-refractivity contribution in [3.63, 3.8) is 0 Å². The minimum absolute atomic E-state index is 0.179. The Morgan fingerprint density at radius 2 is 2.08 bits per heavy atom. The fourth-order valence-corrected chi connectivity index (χ4v) is 3.73. The highest BCUT2D eigenvalue weighted by atomic mass is 32.1. The van der Waals surface area contributed by atoms with E-state index in [1.54, 1.807) is 4.57 Å². The molecule has 0 saturated carbocycles. The molecule has 0 radical (unpaired) electrons. The van der Waals surface area contributed by atoms with E-state index in [1.807, 2.05) is 0 Å². The minimum atomic E-state index is -0.520. The van der Waals surface area contributed by atoms with Crippen molar-refractivity contribution >= 4 is 23.4 Å². The molecule has 1 aromatic rings. The van der Waals surface area contributed by atoms with Gasteiger partial charge in [0.1, 0.15) is 4.53 Å². The Bertz CT molecular complexity index is 751. The van der Waals surface area contributed by atoms with Crippen LogP contribution >= 0.6 is 11.3 Å². The molecule has 2 aliphatic heterocycles. The molecule has 0 amide bonds. The van der Waals surface area contributed by atoms with Crippen molar-refractivity contribution in [3.05, 3.63) is 19.7 Å². The molecule has 0 spiro atoms. The number of aromatic nitrogens is 1. The molecule has 0 bridgehead atoms. The third-order valence-corrected chi connectivity index (χ3v) is 5.18. The first-order chi connectivity index (χ1) is 11.7. The Morgan fingerprint density at radius 1 is 1.33 bits per heavy atom. The number of hydrogen-bond acceptors (Lipinski definition) is 8. The molecule has 132 valence electrons. The number of fused-ring (bicyclic) bond motifs is 1. The predicted molar refractivity (Wildman–Crippen MR) is 89.3 cm³/mol. The van der Waals surface area contributed by atoms with E-state index in [1.165, 1.54) is 24.5 Å². The summed E-state index contributed by atoms with van der Waals surface area (Å²) in [6.45, 7) is 6.63. The van der Waals surface area contributed by atoms with Crippen molar-refractivity contribution in [1.29, 1.82) is 0 Å². The summed E-state index contributed by atoms with van der Waals surface area (Å²) in [5.41, 5.74) is -0.179. The lowest BCUT2D eigenvalue weighted by Gasteiger charge is -2.28. The van der Waals surface area contributed by atoms with Gasteiger partial charge in [-0.3, -0.25) is 19.2 Å². The van der Waals surface area contributed by atoms with Gasteiger partial charge in [0, 0.05) is 25.7 Å². The quantitative estimate of drug-likeness (QED) is 0.595. The molecule has 9 heteroatoms. The van der Waals surface area contributed by atoms with Gasteiger partial charge >= 0.3 is 5.97 Å². The third-order valence-electron chi connectivity index (χ3n) is 4.14. The van der Waals surface area contributed by atoms with E-state index in [9.17, 15) is 9.59 Å². The van der Waals surface area contributed by atoms with Crippen LogP contribution in [-0.4, -0.2) is 73.5 Å². The Kier molecular flexibility index (Phi) is 5.77. The van der Waals surface area contributed by atoms with Crippen LogP contribution in [0.25, 0.3) is 6.08 Å². The first kappa shape index (κ1) is 17.3. The summed E-state index contributed by atoms with van der Waals surface area (Å²) < 4.78 is 11.9. The normalized spacial score (nSPS) is 19.8. The van der Waals surface area contributed by atoms with Gasteiger partial charge in [-0.15, -0.1) is 0 Å². The Hall–Kier alpha value is -1.55. The smallest absolute Gasteiger partial charge is 0.332 e. The second-order valence-electron chi connectivity index (χ2n) is 5.79. The number of carbonyl (C=O) groups is 1. The maximum absolute atomic E-state index is 12.4. The van der Waals surface area contributed by atoms with Crippen LogP contribution in [0.2, 0.25) is 0 Å². The number of esters is 1. The van der Waals surface area contributed by atoms with Crippen LogP contribution in [0.1, 0.15) is 6.42 Å². The van der Waals surface area contributed by atoms with Crippen molar-refractivity contribution in [3.8, 4) is 0 Å². The van der Waals surface area contributed by atoms with Crippen LogP contribution in [-0.2, 0) is 20.9 Å². The highest BCUT2D eigenvalue weighted by Crippen LogP contribution is 2.02. The van der Waals surface area contributed by atoms with E-state index in [0.717, 1.165) is 45.8 Å². The molecule has 0 atom stereocenters. The SMILES string of the molecule is COC(=O)/C=c1\sc2n(c1=O)CN(CCCN1CCOCC1)CN=2. The van der Waals surface area contributed by atoms with Crippen molar-refractivity contribution in [2.75, 3.05) is 53.2 Å². The van der Waals surface area contributed by atoms with Gasteiger partial charge in [-0.1, -0.05) is 11.3 Å². The molecule has 2 aliphatic rings. The zero-order valence-electron chi connectivity index (χ0n) is 13.8. The summed E-state index contributed by atoms with van der Waals surface area (Å²) in [6.07, 6.45) is 2.27. The lowest BCUT2D eigenvalue weighted by molar-refractivity contribution is -0.133. The van der Waals surface area contributed by atoms with Crippen LogP contribution in [0.4, 0.5) is 0 Å². The molecule has 24 heavy (non-hydrogen) atoms. The molecule has 1 aromatic heterocycles. The molecule has 1 saturated heterocycles. The van der Waals surface area contributed by atoms with Crippen LogP contribution in [0, 0.1) is 0 Å². The fourth-order valence-electron chi connectivity index (χ4n) is 2.81. The molecule has 0 aliphatic carbocycles. The average molecular weight is 354 g/mol. The standard InChI is InChI=1S/C15H22N4O4S/c1-22-13(20)9-12-14(21)19-11-18(10-16-15(19)24-12)4-2-3-17-5-7-23-8-6-17/h9H,2-8,10-11H2,1H3/b12-9-. The lowest BCUT2D eigenvalue weighted by atomic mass is 10.3. The number of thiazole rings is 1. The highest BCUT2D eigenvalue weighted by molar-refractivity contribution is 7.07. The zero-order valence-corrected chi connectivity index (χ0v) is 14.6. The van der Waals surface area contributed by atoms with Gasteiger partial charge in [-0.05, 0) is 13.0 Å². The monoisotopic (exact) mass is 354 g/mol. The van der Waals surface area contributed by atoms with Crippen LogP contribution in [0.15, 0.2) is 9.79 Å². The first-order valence-corrected chi connectivity index (χ1v) is 8.85. The Balaban J connectivity index is 1.59. The molecule has 3 heterocycles. The molecule has 0 aromatic carbocycles. The number of ether oxygens (including phenoxy) is 2. The molecule has 3 rings (SSSR count). The second kappa shape index (κ2) is 8.02. The van der Waals surface area contributed by atoms with Crippen molar-refractivity contribution in [2.45, 2.75) is 13.1 Å². The molecular formula is C15H22N4O4S. The number of nitrogens with zero attached hydrogens (tertiary/aromatic N) is 4. The maximum Gasteiger partial charge on any atom is 0.332 e. The fraction of sp³-hybridized carbons (Fsp3) is 0.667. The van der Waals surface area contributed by atoms with E-state index < -0.39 is 5.97 Å². The van der Waals surface area contributed by atoms with Gasteiger partial charge in [0.2, 0.25) is 0 Å². The summed E-state index contributed by atoms with van der Waals surface area (Å²) in [7, 11) is 1.30. The van der Waals surface area contributed by atoms with Gasteiger partial charge in [-0.2, -0.15) is 0 Å². The van der Waals surface area contributed by atoms with Gasteiger partial charge in [0.05, 0.1) is 33.7 Å². The van der Waals surface area contributed by atoms with Crippen molar-refractivity contribution in [1.82, 2.24) is 14.4 Å². The largest absolute Gasteiger partial charge is 0.466 e. The third kappa shape index (κ3) is 4.10. The van der Waals surface area contributed by atoms with Crippen molar-refractivity contribution in [2.24, 2.45) is 4.99 Å². The number of rotatable bonds is 5. The highest BCUT2D eigenvalue weighted by Gasteiger charge is 2.16. The van der Waals surface area contributed by atoms with E-state index in [-0.39, 0.29) is 5.56 Å². The lowest BCUT2D eigenvalue weighted by Crippen LogP contribution is -2.44. The number of morpholine rings is 1. The Morgan fingerprint density at radius 3 is 2.83 bits per heavy atom. The summed E-state index contributed by atoms with van der Waals surface area (Å²) in [5, 5.41) is 0. The van der Waals surface area contributed by atoms with Gasteiger partial charge in [0.25, 0.3) is 5.56 Å². The van der Waals surface area contributed by atoms with Crippen LogP contribution in [0.5, 0.6) is 0 Å². The Labute approximate surface area is 143 Å². The number of methoxy groups -OCH3 is 1. The van der Waals surface area contributed by atoms with E-state index in [0.29, 0.717) is 22.7 Å². The average Bonchev–Trinajstić information content (AvgIpc) is 2.91. The molecule has 8 nitrogen and oxygen atoms in total. The second-order valence-corrected chi connectivity index (χ2v) is 6.80. The molecule has 0 unspecified atom stereocenters. The summed E-state index contributed by atoms with van der Waals surface area (Å²) in [6, 6.07) is 0. The number of hydrogen-bond donors (Lipinski definition) is 0. The summed E-state index contributed by atoms with van der Waals surface area (Å²) >= 11 is 1.23. The van der Waals surface area contributed by atoms with Gasteiger partial charge in [0.15, 0.2) is 4.80 Å². The van der Waals surface area contributed by atoms with Crippen LogP contribution < -0.4 is 14.9 Å². The van der Waals surface area contributed by atoms with Crippen molar-refractivity contribution < 1.29 is 14.3 Å². The minimum Gasteiger partial charge on any atom is -0.466 e. The van der Waals surface area contributed by atoms with E-state index in [4.69, 9.17) is 4.74 Å². The maximum atomic E-state index is 12.4. The molecule has 0 N–H and O–H groups in total. The van der Waals surface area contributed by atoms with Gasteiger partial charge in [-0.25, -0.2) is 9.79 Å². The first-order valence-electron chi connectivity index (χ1n) is 8.03. The topological polar surface area (TPSA) is 76.4 Å². The van der Waals surface area contributed by atoms with Gasteiger partial charge < -0.3 is 9.47 Å². The number of carbonyl (C=O) groups excluding carboxylic acids is 1. The van der Waals surface area contributed by atoms with E-state index >= 15 is 0 Å². The molecule has 1 fully saturated rings. The zero-order chi connectivity index (χ0) is 16.9. The van der Waals surface area contributed by atoms with E-state index in [2.05, 4.69) is 19.5 Å². The van der Waals surface area contributed by atoms with Crippen LogP contribution in [0.3, 0.4) is 0 Å². The summed E-state index contributed by atoms with van der Waals surface area (Å²) in [4.78, 5) is 33.3. The summed E-state index contributed by atoms with van der Waals surface area (Å²) in [5.74, 6) is -0.520.